The molecule has 0 aliphatic carbocycles. The predicted molar refractivity (Wildman–Crippen MR) is 98.4 cm³/mol. The number of aromatic nitrogens is 1. The Kier molecular flexibility index (Phi) is 5.34. The van der Waals surface area contributed by atoms with Crippen molar-refractivity contribution < 1.29 is 14.3 Å². The first-order valence-corrected chi connectivity index (χ1v) is 9.35. The van der Waals surface area contributed by atoms with Gasteiger partial charge in [-0.25, -0.2) is 0 Å². The highest BCUT2D eigenvalue weighted by molar-refractivity contribution is 8.00. The first-order chi connectivity index (χ1) is 11.9. The molecular formula is C18H23N3O3S. The summed E-state index contributed by atoms with van der Waals surface area (Å²) in [4.78, 5) is 26.7. The average molecular weight is 361 g/mol. The van der Waals surface area contributed by atoms with Gasteiger partial charge >= 0.3 is 0 Å². The van der Waals surface area contributed by atoms with E-state index in [2.05, 4.69) is 0 Å². The van der Waals surface area contributed by atoms with Crippen molar-refractivity contribution in [3.63, 3.8) is 0 Å². The number of hydrogen-bond acceptors (Lipinski definition) is 4. The summed E-state index contributed by atoms with van der Waals surface area (Å²) in [7, 11) is 0. The molecule has 7 heteroatoms. The van der Waals surface area contributed by atoms with Crippen molar-refractivity contribution in [1.29, 1.82) is 0 Å². The van der Waals surface area contributed by atoms with Gasteiger partial charge in [0.15, 0.2) is 0 Å². The van der Waals surface area contributed by atoms with Crippen LogP contribution in [0.15, 0.2) is 35.4 Å². The van der Waals surface area contributed by atoms with E-state index in [4.69, 9.17) is 10.5 Å². The summed E-state index contributed by atoms with van der Waals surface area (Å²) in [5.41, 5.74) is 6.24. The van der Waals surface area contributed by atoms with E-state index in [1.807, 2.05) is 53.8 Å². The number of hydrogen-bond donors (Lipinski definition) is 1. The van der Waals surface area contributed by atoms with Crippen molar-refractivity contribution >= 4 is 34.5 Å². The first-order valence-electron chi connectivity index (χ1n) is 8.36. The fourth-order valence-electron chi connectivity index (χ4n) is 3.24. The van der Waals surface area contributed by atoms with E-state index in [0.29, 0.717) is 13.1 Å². The summed E-state index contributed by atoms with van der Waals surface area (Å²) < 4.78 is 7.65. The number of para-hydroxylation sites is 1. The minimum Gasteiger partial charge on any atom is -0.372 e. The Bertz CT molecular complexity index is 779. The molecule has 1 aromatic carbocycles. The second-order valence-electron chi connectivity index (χ2n) is 6.45. The van der Waals surface area contributed by atoms with Crippen LogP contribution < -0.4 is 5.73 Å². The average Bonchev–Trinajstić information content (AvgIpc) is 2.90. The number of morpholine rings is 1. The molecule has 0 spiro atoms. The first kappa shape index (κ1) is 17.8. The van der Waals surface area contributed by atoms with Gasteiger partial charge in [0.25, 0.3) is 0 Å². The monoisotopic (exact) mass is 361 g/mol. The van der Waals surface area contributed by atoms with E-state index >= 15 is 0 Å². The third-order valence-electron chi connectivity index (χ3n) is 4.20. The third kappa shape index (κ3) is 4.16. The second kappa shape index (κ2) is 7.49. The van der Waals surface area contributed by atoms with E-state index in [-0.39, 0.29) is 36.3 Å². The fourth-order valence-corrected chi connectivity index (χ4v) is 4.06. The van der Waals surface area contributed by atoms with Gasteiger partial charge in [-0.3, -0.25) is 9.59 Å². The summed E-state index contributed by atoms with van der Waals surface area (Å²) in [5, 5.41) is 1.03. The molecule has 25 heavy (non-hydrogen) atoms. The van der Waals surface area contributed by atoms with E-state index in [9.17, 15) is 9.59 Å². The number of nitrogens with zero attached hydrogens (tertiary/aromatic N) is 2. The second-order valence-corrected chi connectivity index (χ2v) is 7.47. The van der Waals surface area contributed by atoms with Gasteiger partial charge in [-0.05, 0) is 19.9 Å². The van der Waals surface area contributed by atoms with Gasteiger partial charge in [0.05, 0.1) is 18.0 Å². The van der Waals surface area contributed by atoms with Crippen molar-refractivity contribution in [2.24, 2.45) is 5.73 Å². The van der Waals surface area contributed by atoms with Crippen LogP contribution in [0.5, 0.6) is 0 Å². The van der Waals surface area contributed by atoms with Crippen LogP contribution in [-0.4, -0.2) is 52.3 Å². The molecule has 2 aromatic rings. The minimum absolute atomic E-state index is 0.0517. The largest absolute Gasteiger partial charge is 0.372 e. The number of ether oxygens (including phenoxy) is 1. The number of fused-ring (bicyclic) bond motifs is 1. The van der Waals surface area contributed by atoms with Crippen LogP contribution in [0.4, 0.5) is 0 Å². The van der Waals surface area contributed by atoms with Gasteiger partial charge < -0.3 is 19.9 Å². The Morgan fingerprint density at radius 1 is 1.24 bits per heavy atom. The fraction of sp³-hybridized carbons (Fsp3) is 0.444. The third-order valence-corrected chi connectivity index (χ3v) is 5.27. The van der Waals surface area contributed by atoms with Crippen molar-refractivity contribution in [2.75, 3.05) is 18.8 Å². The van der Waals surface area contributed by atoms with Crippen molar-refractivity contribution in [2.45, 2.75) is 37.5 Å². The van der Waals surface area contributed by atoms with Crippen LogP contribution in [0.2, 0.25) is 0 Å². The molecule has 1 fully saturated rings. The Labute approximate surface area is 151 Å². The zero-order chi connectivity index (χ0) is 18.0. The number of rotatable bonds is 5. The van der Waals surface area contributed by atoms with Crippen LogP contribution >= 0.6 is 11.8 Å². The van der Waals surface area contributed by atoms with Crippen LogP contribution in [0.3, 0.4) is 0 Å². The van der Waals surface area contributed by atoms with Gasteiger partial charge in [-0.1, -0.05) is 18.2 Å². The summed E-state index contributed by atoms with van der Waals surface area (Å²) >= 11 is 1.40. The Balaban J connectivity index is 1.81. The summed E-state index contributed by atoms with van der Waals surface area (Å²) in [5.74, 6) is -0.0520. The number of thioether (sulfide) groups is 1. The summed E-state index contributed by atoms with van der Waals surface area (Å²) in [6, 6.07) is 7.89. The molecule has 3 rings (SSSR count). The molecule has 1 aliphatic rings. The van der Waals surface area contributed by atoms with Crippen molar-refractivity contribution in [3.05, 3.63) is 30.5 Å². The highest BCUT2D eigenvalue weighted by Crippen LogP contribution is 2.30. The molecule has 2 atom stereocenters. The van der Waals surface area contributed by atoms with Gasteiger partial charge in [0.2, 0.25) is 11.8 Å². The molecule has 2 amide bonds. The lowest BCUT2D eigenvalue weighted by atomic mass is 10.2. The molecule has 0 radical (unpaired) electrons. The predicted octanol–water partition coefficient (Wildman–Crippen LogP) is 1.85. The Morgan fingerprint density at radius 3 is 2.60 bits per heavy atom. The van der Waals surface area contributed by atoms with Crippen molar-refractivity contribution in [3.8, 4) is 0 Å². The van der Waals surface area contributed by atoms with E-state index in [1.54, 1.807) is 0 Å². The van der Waals surface area contributed by atoms with Crippen LogP contribution in [0, 0.1) is 0 Å². The maximum absolute atomic E-state index is 12.7. The molecule has 2 heterocycles. The highest BCUT2D eigenvalue weighted by atomic mass is 32.2. The van der Waals surface area contributed by atoms with Gasteiger partial charge in [0, 0.05) is 35.1 Å². The number of amides is 2. The van der Waals surface area contributed by atoms with Gasteiger partial charge in [0.1, 0.15) is 6.54 Å². The Hall–Kier alpha value is -1.99. The molecule has 1 aromatic heterocycles. The summed E-state index contributed by atoms with van der Waals surface area (Å²) in [6.45, 7) is 5.48. The molecule has 1 saturated heterocycles. The topological polar surface area (TPSA) is 77.6 Å². The Morgan fingerprint density at radius 2 is 1.92 bits per heavy atom. The molecule has 6 nitrogen and oxygen atoms in total. The van der Waals surface area contributed by atoms with Gasteiger partial charge in [-0.2, -0.15) is 0 Å². The quantitative estimate of drug-likeness (QED) is 0.825. The van der Waals surface area contributed by atoms with Crippen LogP contribution in [0.25, 0.3) is 10.9 Å². The number of carbonyl (C=O) groups is 2. The molecular weight excluding hydrogens is 338 g/mol. The number of primary amides is 1. The smallest absolute Gasteiger partial charge is 0.242 e. The zero-order valence-corrected chi connectivity index (χ0v) is 15.3. The lowest BCUT2D eigenvalue weighted by molar-refractivity contribution is -0.143. The molecule has 134 valence electrons. The molecule has 2 unspecified atom stereocenters. The van der Waals surface area contributed by atoms with Crippen LogP contribution in [-0.2, 0) is 20.9 Å². The lowest BCUT2D eigenvalue weighted by Crippen LogP contribution is -2.49. The SMILES string of the molecule is CC1CN(C(=O)Cn2cc(SCC(N)=O)c3ccccc32)CC(C)O1. The highest BCUT2D eigenvalue weighted by Gasteiger charge is 2.26. The maximum Gasteiger partial charge on any atom is 0.242 e. The number of carbonyl (C=O) groups excluding carboxylic acids is 2. The van der Waals surface area contributed by atoms with Crippen LogP contribution in [0.1, 0.15) is 13.8 Å². The molecule has 2 N–H and O–H groups in total. The zero-order valence-electron chi connectivity index (χ0n) is 14.5. The van der Waals surface area contributed by atoms with E-state index < -0.39 is 0 Å². The van der Waals surface area contributed by atoms with Crippen molar-refractivity contribution in [1.82, 2.24) is 9.47 Å². The maximum atomic E-state index is 12.7. The lowest BCUT2D eigenvalue weighted by Gasteiger charge is -2.35. The van der Waals surface area contributed by atoms with Gasteiger partial charge in [-0.15, -0.1) is 11.8 Å². The number of nitrogens with two attached hydrogens (primary N) is 1. The standard InChI is InChI=1S/C18H23N3O3S/c1-12-7-21(8-13(2)24-12)18(23)10-20-9-16(25-11-17(19)22)14-5-3-4-6-15(14)20/h3-6,9,12-13H,7-8,10-11H2,1-2H3,(H2,19,22). The molecule has 1 aliphatic heterocycles. The normalized spacial score (nSPS) is 20.8. The minimum atomic E-state index is -0.353. The van der Waals surface area contributed by atoms with E-state index in [0.717, 1.165) is 15.8 Å². The molecule has 0 saturated carbocycles. The number of benzene rings is 1. The molecule has 0 bridgehead atoms. The van der Waals surface area contributed by atoms with E-state index in [1.165, 1.54) is 11.8 Å². The summed E-state index contributed by atoms with van der Waals surface area (Å²) in [6.07, 6.45) is 2.04.